The fraction of sp³-hybridized carbons (Fsp3) is 0.727. The number of halogens is 1. The van der Waals surface area contributed by atoms with Gasteiger partial charge in [0.15, 0.2) is 0 Å². The molecule has 0 bridgehead atoms. The Morgan fingerprint density at radius 1 is 1.50 bits per heavy atom. The third-order valence-electron chi connectivity index (χ3n) is 3.22. The molecule has 1 aliphatic carbocycles. The molecule has 1 aromatic rings. The number of nitrogens with two attached hydrogens (primary N) is 1. The molecule has 1 heterocycles. The highest BCUT2D eigenvalue weighted by Gasteiger charge is 2.30. The van der Waals surface area contributed by atoms with Crippen LogP contribution < -0.4 is 5.73 Å². The number of aromatic nitrogens is 2. The molecule has 1 aromatic heterocycles. The molecule has 90 valence electrons. The van der Waals surface area contributed by atoms with Crippen LogP contribution >= 0.6 is 22.6 Å². The Kier molecular flexibility index (Phi) is 3.44. The molecule has 1 aliphatic rings. The van der Waals surface area contributed by atoms with Crippen molar-refractivity contribution in [2.75, 3.05) is 5.73 Å². The summed E-state index contributed by atoms with van der Waals surface area (Å²) in [6.45, 7) is 4.22. The lowest BCUT2D eigenvalue weighted by Gasteiger charge is -2.16. The van der Waals surface area contributed by atoms with Crippen LogP contribution in [-0.2, 0) is 0 Å². The molecule has 4 nitrogen and oxygen atoms in total. The van der Waals surface area contributed by atoms with E-state index in [4.69, 9.17) is 5.73 Å². The van der Waals surface area contributed by atoms with Crippen molar-refractivity contribution >= 4 is 28.4 Å². The van der Waals surface area contributed by atoms with Crippen LogP contribution in [0, 0.1) is 3.57 Å². The molecule has 0 amide bonds. The molecule has 0 spiro atoms. The van der Waals surface area contributed by atoms with Gasteiger partial charge in [-0.1, -0.05) is 13.8 Å². The van der Waals surface area contributed by atoms with Gasteiger partial charge in [-0.05, 0) is 47.8 Å². The summed E-state index contributed by atoms with van der Waals surface area (Å²) in [5.74, 6) is 1.07. The van der Waals surface area contributed by atoms with Crippen molar-refractivity contribution < 1.29 is 5.11 Å². The molecule has 16 heavy (non-hydrogen) atoms. The minimum absolute atomic E-state index is 0.0704. The third kappa shape index (κ3) is 1.95. The second-order valence-corrected chi connectivity index (χ2v) is 5.83. The summed E-state index contributed by atoms with van der Waals surface area (Å²) in [4.78, 5) is 0. The van der Waals surface area contributed by atoms with Gasteiger partial charge in [-0.2, -0.15) is 5.10 Å². The maximum Gasteiger partial charge on any atom is 0.135 e. The van der Waals surface area contributed by atoms with Gasteiger partial charge < -0.3 is 10.8 Å². The fourth-order valence-electron chi connectivity index (χ4n) is 2.27. The van der Waals surface area contributed by atoms with Crippen LogP contribution in [0.25, 0.3) is 0 Å². The van der Waals surface area contributed by atoms with Crippen LogP contribution in [0.2, 0.25) is 0 Å². The Morgan fingerprint density at radius 2 is 2.19 bits per heavy atom. The van der Waals surface area contributed by atoms with E-state index < -0.39 is 0 Å². The van der Waals surface area contributed by atoms with Crippen LogP contribution in [0.5, 0.6) is 0 Å². The van der Waals surface area contributed by atoms with E-state index in [1.54, 1.807) is 0 Å². The zero-order valence-corrected chi connectivity index (χ0v) is 11.8. The second kappa shape index (κ2) is 4.52. The zero-order valence-electron chi connectivity index (χ0n) is 9.65. The van der Waals surface area contributed by atoms with E-state index >= 15 is 0 Å². The molecule has 3 N–H and O–H groups in total. The Labute approximate surface area is 109 Å². The van der Waals surface area contributed by atoms with Gasteiger partial charge in [-0.25, -0.2) is 4.68 Å². The molecule has 0 aromatic carbocycles. The van der Waals surface area contributed by atoms with Crippen LogP contribution in [0.15, 0.2) is 0 Å². The largest absolute Gasteiger partial charge is 0.391 e. The Bertz CT molecular complexity index is 389. The number of aliphatic hydroxyl groups is 1. The van der Waals surface area contributed by atoms with Crippen LogP contribution in [-0.4, -0.2) is 21.0 Å². The van der Waals surface area contributed by atoms with Gasteiger partial charge in [0, 0.05) is 0 Å². The molecule has 2 rings (SSSR count). The zero-order chi connectivity index (χ0) is 11.9. The number of hydrogen-bond donors (Lipinski definition) is 2. The Hall–Kier alpha value is -0.300. The van der Waals surface area contributed by atoms with Gasteiger partial charge in [-0.3, -0.25) is 0 Å². The summed E-state index contributed by atoms with van der Waals surface area (Å²) in [7, 11) is 0. The van der Waals surface area contributed by atoms with Gasteiger partial charge in [0.1, 0.15) is 5.82 Å². The van der Waals surface area contributed by atoms with Crippen molar-refractivity contribution in [3.8, 4) is 0 Å². The number of nitrogen functional groups attached to an aromatic ring is 1. The first-order chi connectivity index (χ1) is 7.52. The lowest BCUT2D eigenvalue weighted by Crippen LogP contribution is -2.21. The van der Waals surface area contributed by atoms with Crippen molar-refractivity contribution in [1.29, 1.82) is 0 Å². The first-order valence-corrected chi connectivity index (χ1v) is 6.81. The summed E-state index contributed by atoms with van der Waals surface area (Å²) in [6, 6.07) is 0.0704. The molecule has 0 radical (unpaired) electrons. The van der Waals surface area contributed by atoms with Gasteiger partial charge in [0.2, 0.25) is 0 Å². The lowest BCUT2D eigenvalue weighted by molar-refractivity contribution is 0.131. The average Bonchev–Trinajstić information content (AvgIpc) is 2.74. The predicted molar refractivity (Wildman–Crippen MR) is 72.3 cm³/mol. The molecule has 0 saturated heterocycles. The summed E-state index contributed by atoms with van der Waals surface area (Å²) >= 11 is 2.24. The molecular formula is C11H18IN3O. The molecule has 0 aliphatic heterocycles. The van der Waals surface area contributed by atoms with Gasteiger partial charge in [-0.15, -0.1) is 0 Å². The summed E-state index contributed by atoms with van der Waals surface area (Å²) < 4.78 is 2.86. The van der Waals surface area contributed by atoms with Gasteiger partial charge >= 0.3 is 0 Å². The van der Waals surface area contributed by atoms with Crippen LogP contribution in [0.1, 0.15) is 50.8 Å². The van der Waals surface area contributed by atoms with E-state index in [-0.39, 0.29) is 12.1 Å². The first-order valence-electron chi connectivity index (χ1n) is 5.73. The van der Waals surface area contributed by atoms with E-state index in [0.29, 0.717) is 11.7 Å². The Balaban J connectivity index is 2.38. The topological polar surface area (TPSA) is 64.1 Å². The minimum atomic E-state index is -0.294. The summed E-state index contributed by atoms with van der Waals surface area (Å²) in [5.41, 5.74) is 7.10. The number of nitrogens with zero attached hydrogens (tertiary/aromatic N) is 2. The highest BCUT2D eigenvalue weighted by molar-refractivity contribution is 14.1. The quantitative estimate of drug-likeness (QED) is 0.815. The van der Waals surface area contributed by atoms with Crippen molar-refractivity contribution in [3.05, 3.63) is 9.26 Å². The number of hydrogen-bond acceptors (Lipinski definition) is 3. The fourth-order valence-corrected chi connectivity index (χ4v) is 3.25. The van der Waals surface area contributed by atoms with Gasteiger partial charge in [0.05, 0.1) is 21.4 Å². The maximum absolute atomic E-state index is 9.89. The average molecular weight is 335 g/mol. The number of anilines is 1. The van der Waals surface area contributed by atoms with E-state index in [1.165, 1.54) is 0 Å². The number of aliphatic hydroxyl groups excluding tert-OH is 1. The normalized spacial score (nSPS) is 25.6. The van der Waals surface area contributed by atoms with E-state index in [0.717, 1.165) is 28.5 Å². The van der Waals surface area contributed by atoms with Crippen molar-refractivity contribution in [2.24, 2.45) is 0 Å². The number of rotatable bonds is 2. The Morgan fingerprint density at radius 3 is 2.62 bits per heavy atom. The second-order valence-electron chi connectivity index (χ2n) is 4.75. The predicted octanol–water partition coefficient (Wildman–Crippen LogP) is 2.28. The smallest absolute Gasteiger partial charge is 0.135 e. The maximum atomic E-state index is 9.89. The van der Waals surface area contributed by atoms with Crippen LogP contribution in [0.4, 0.5) is 5.82 Å². The standard InChI is InChI=1S/C11H18IN3O/c1-6(2)10-9(12)11(13)15(14-10)7-4-3-5-8(7)16/h6-8,16H,3-5,13H2,1-2H3. The van der Waals surface area contributed by atoms with Gasteiger partial charge in [0.25, 0.3) is 0 Å². The highest BCUT2D eigenvalue weighted by Crippen LogP contribution is 2.35. The molecule has 1 fully saturated rings. The van der Waals surface area contributed by atoms with E-state index in [2.05, 4.69) is 41.5 Å². The summed E-state index contributed by atoms with van der Waals surface area (Å²) in [5, 5.41) is 14.5. The molecular weight excluding hydrogens is 317 g/mol. The van der Waals surface area contributed by atoms with Crippen molar-refractivity contribution in [2.45, 2.75) is 51.2 Å². The molecule has 2 atom stereocenters. The monoisotopic (exact) mass is 335 g/mol. The highest BCUT2D eigenvalue weighted by atomic mass is 127. The van der Waals surface area contributed by atoms with Crippen molar-refractivity contribution in [3.63, 3.8) is 0 Å². The SMILES string of the molecule is CC(C)c1nn(C2CCCC2O)c(N)c1I. The van der Waals surface area contributed by atoms with E-state index in [9.17, 15) is 5.11 Å². The third-order valence-corrected chi connectivity index (χ3v) is 4.32. The molecule has 1 saturated carbocycles. The minimum Gasteiger partial charge on any atom is -0.391 e. The summed E-state index contributed by atoms with van der Waals surface area (Å²) in [6.07, 6.45) is 2.59. The van der Waals surface area contributed by atoms with E-state index in [1.807, 2.05) is 4.68 Å². The molecule has 5 heteroatoms. The first kappa shape index (κ1) is 12.2. The van der Waals surface area contributed by atoms with Crippen molar-refractivity contribution in [1.82, 2.24) is 9.78 Å². The van der Waals surface area contributed by atoms with Crippen LogP contribution in [0.3, 0.4) is 0 Å². The molecule has 2 unspecified atom stereocenters. The lowest BCUT2D eigenvalue weighted by atomic mass is 10.1.